The van der Waals surface area contributed by atoms with Gasteiger partial charge in [-0.05, 0) is 31.5 Å². The summed E-state index contributed by atoms with van der Waals surface area (Å²) in [6, 6.07) is 2.43. The second kappa shape index (κ2) is 7.26. The van der Waals surface area contributed by atoms with Crippen molar-refractivity contribution in [2.75, 3.05) is 19.8 Å². The molecule has 1 amide bonds. The highest BCUT2D eigenvalue weighted by Gasteiger charge is 2.18. The Morgan fingerprint density at radius 1 is 1.40 bits per heavy atom. The molecule has 1 aromatic carbocycles. The SMILES string of the molecule is CCOCCNC(=O)c1cc(S(=O)(=O)Cl)cc(Cl)c1C. The Morgan fingerprint density at radius 3 is 2.60 bits per heavy atom. The molecule has 20 heavy (non-hydrogen) atoms. The predicted octanol–water partition coefficient (Wildman–Crippen LogP) is 2.34. The second-order valence-corrected chi connectivity index (χ2v) is 6.94. The Hall–Kier alpha value is -0.820. The quantitative estimate of drug-likeness (QED) is 0.637. The van der Waals surface area contributed by atoms with E-state index in [9.17, 15) is 13.2 Å². The van der Waals surface area contributed by atoms with Gasteiger partial charge in [0.15, 0.2) is 0 Å². The largest absolute Gasteiger partial charge is 0.380 e. The molecule has 0 saturated heterocycles. The number of carbonyl (C=O) groups excluding carboxylic acids is 1. The summed E-state index contributed by atoms with van der Waals surface area (Å²) in [7, 11) is 1.32. The average molecular weight is 340 g/mol. The van der Waals surface area contributed by atoms with Gasteiger partial charge in [-0.1, -0.05) is 11.6 Å². The Morgan fingerprint density at radius 2 is 2.05 bits per heavy atom. The number of hydrogen-bond acceptors (Lipinski definition) is 4. The maximum atomic E-state index is 12.0. The van der Waals surface area contributed by atoms with E-state index in [0.29, 0.717) is 25.3 Å². The van der Waals surface area contributed by atoms with Gasteiger partial charge in [0, 0.05) is 34.4 Å². The number of nitrogens with one attached hydrogen (secondary N) is 1. The van der Waals surface area contributed by atoms with Gasteiger partial charge in [-0.25, -0.2) is 8.42 Å². The van der Waals surface area contributed by atoms with Crippen LogP contribution in [0.3, 0.4) is 0 Å². The van der Waals surface area contributed by atoms with Crippen LogP contribution in [0.2, 0.25) is 5.02 Å². The molecule has 0 spiro atoms. The lowest BCUT2D eigenvalue weighted by Crippen LogP contribution is -2.28. The highest BCUT2D eigenvalue weighted by molar-refractivity contribution is 8.13. The van der Waals surface area contributed by atoms with E-state index in [2.05, 4.69) is 5.32 Å². The summed E-state index contributed by atoms with van der Waals surface area (Å²) in [5.41, 5.74) is 0.665. The molecule has 1 aromatic rings. The lowest BCUT2D eigenvalue weighted by atomic mass is 10.1. The monoisotopic (exact) mass is 339 g/mol. The van der Waals surface area contributed by atoms with Crippen LogP contribution in [0.4, 0.5) is 0 Å². The molecule has 1 rings (SSSR count). The highest BCUT2D eigenvalue weighted by atomic mass is 35.7. The topological polar surface area (TPSA) is 72.5 Å². The molecule has 0 radical (unpaired) electrons. The standard InChI is InChI=1S/C12H15Cl2NO4S/c1-3-19-5-4-15-12(16)10-6-9(20(14,17)18)7-11(13)8(10)2/h6-7H,3-5H2,1-2H3,(H,15,16). The fraction of sp³-hybridized carbons (Fsp3) is 0.417. The van der Waals surface area contributed by atoms with Crippen molar-refractivity contribution in [1.82, 2.24) is 5.32 Å². The maximum Gasteiger partial charge on any atom is 0.261 e. The lowest BCUT2D eigenvalue weighted by Gasteiger charge is -2.10. The van der Waals surface area contributed by atoms with Crippen molar-refractivity contribution in [2.45, 2.75) is 18.7 Å². The summed E-state index contributed by atoms with van der Waals surface area (Å²) in [4.78, 5) is 11.8. The number of amides is 1. The molecule has 0 saturated carbocycles. The maximum absolute atomic E-state index is 12.0. The van der Waals surface area contributed by atoms with Crippen molar-refractivity contribution in [3.8, 4) is 0 Å². The van der Waals surface area contributed by atoms with Crippen LogP contribution in [0.1, 0.15) is 22.8 Å². The minimum Gasteiger partial charge on any atom is -0.380 e. The normalized spacial score (nSPS) is 11.4. The van der Waals surface area contributed by atoms with E-state index in [0.717, 1.165) is 0 Å². The van der Waals surface area contributed by atoms with Crippen LogP contribution in [0.5, 0.6) is 0 Å². The van der Waals surface area contributed by atoms with Gasteiger partial charge in [0.2, 0.25) is 0 Å². The van der Waals surface area contributed by atoms with Crippen LogP contribution in [0, 0.1) is 6.92 Å². The van der Waals surface area contributed by atoms with Crippen LogP contribution in [-0.4, -0.2) is 34.1 Å². The first kappa shape index (κ1) is 17.2. The van der Waals surface area contributed by atoms with Crippen LogP contribution in [-0.2, 0) is 13.8 Å². The van der Waals surface area contributed by atoms with Gasteiger partial charge in [0.05, 0.1) is 11.5 Å². The molecular formula is C12H15Cl2NO4S. The van der Waals surface area contributed by atoms with Crippen LogP contribution in [0.25, 0.3) is 0 Å². The third-order valence-corrected chi connectivity index (χ3v) is 4.31. The molecule has 1 N–H and O–H groups in total. The highest BCUT2D eigenvalue weighted by Crippen LogP contribution is 2.26. The van der Waals surface area contributed by atoms with Crippen molar-refractivity contribution >= 4 is 37.2 Å². The van der Waals surface area contributed by atoms with Gasteiger partial charge in [-0.2, -0.15) is 0 Å². The van der Waals surface area contributed by atoms with Crippen LogP contribution in [0.15, 0.2) is 17.0 Å². The van der Waals surface area contributed by atoms with Crippen LogP contribution < -0.4 is 5.32 Å². The van der Waals surface area contributed by atoms with Gasteiger partial charge in [-0.3, -0.25) is 4.79 Å². The summed E-state index contributed by atoms with van der Waals surface area (Å²) in [6.07, 6.45) is 0. The molecule has 5 nitrogen and oxygen atoms in total. The smallest absolute Gasteiger partial charge is 0.261 e. The van der Waals surface area contributed by atoms with Crippen molar-refractivity contribution in [3.05, 3.63) is 28.3 Å². The Labute approximate surface area is 127 Å². The zero-order valence-electron chi connectivity index (χ0n) is 11.1. The van der Waals surface area contributed by atoms with Gasteiger partial charge in [0.25, 0.3) is 15.0 Å². The van der Waals surface area contributed by atoms with Crippen molar-refractivity contribution < 1.29 is 17.9 Å². The van der Waals surface area contributed by atoms with Crippen molar-refractivity contribution in [1.29, 1.82) is 0 Å². The molecule has 0 unspecified atom stereocenters. The van der Waals surface area contributed by atoms with E-state index in [4.69, 9.17) is 27.0 Å². The van der Waals surface area contributed by atoms with Gasteiger partial charge < -0.3 is 10.1 Å². The van der Waals surface area contributed by atoms with E-state index >= 15 is 0 Å². The fourth-order valence-corrected chi connectivity index (χ4v) is 2.58. The van der Waals surface area contributed by atoms with Crippen LogP contribution >= 0.6 is 22.3 Å². The number of ether oxygens (including phenoxy) is 1. The Kier molecular flexibility index (Phi) is 6.26. The molecule has 0 aliphatic rings. The Bertz CT molecular complexity index is 602. The second-order valence-electron chi connectivity index (χ2n) is 3.97. The van der Waals surface area contributed by atoms with E-state index < -0.39 is 15.0 Å². The molecule has 0 fully saturated rings. The minimum absolute atomic E-state index is 0.168. The predicted molar refractivity (Wildman–Crippen MR) is 78.1 cm³/mol. The fourth-order valence-electron chi connectivity index (χ4n) is 1.51. The van der Waals surface area contributed by atoms with E-state index in [1.165, 1.54) is 12.1 Å². The van der Waals surface area contributed by atoms with E-state index in [1.54, 1.807) is 6.92 Å². The number of halogens is 2. The molecule has 0 aromatic heterocycles. The van der Waals surface area contributed by atoms with E-state index in [-0.39, 0.29) is 15.5 Å². The van der Waals surface area contributed by atoms with Crippen molar-refractivity contribution in [3.63, 3.8) is 0 Å². The zero-order chi connectivity index (χ0) is 15.3. The third kappa shape index (κ3) is 4.63. The average Bonchev–Trinajstić information content (AvgIpc) is 2.36. The number of rotatable bonds is 6. The Balaban J connectivity index is 2.99. The minimum atomic E-state index is -3.94. The summed E-state index contributed by atoms with van der Waals surface area (Å²) in [5, 5.41) is 2.79. The number of carbonyl (C=O) groups is 1. The lowest BCUT2D eigenvalue weighted by molar-refractivity contribution is 0.0922. The van der Waals surface area contributed by atoms with Gasteiger partial charge >= 0.3 is 0 Å². The molecule has 112 valence electrons. The molecule has 0 atom stereocenters. The number of benzene rings is 1. The van der Waals surface area contributed by atoms with Crippen molar-refractivity contribution in [2.24, 2.45) is 0 Å². The molecule has 8 heteroatoms. The molecule has 0 aliphatic carbocycles. The van der Waals surface area contributed by atoms with E-state index in [1.807, 2.05) is 6.92 Å². The van der Waals surface area contributed by atoms with Gasteiger partial charge in [-0.15, -0.1) is 0 Å². The zero-order valence-corrected chi connectivity index (χ0v) is 13.4. The number of hydrogen-bond donors (Lipinski definition) is 1. The molecule has 0 aliphatic heterocycles. The first-order chi connectivity index (χ1) is 9.27. The summed E-state index contributed by atoms with van der Waals surface area (Å²) >= 11 is 5.93. The first-order valence-electron chi connectivity index (χ1n) is 5.88. The summed E-state index contributed by atoms with van der Waals surface area (Å²) in [6.45, 7) is 4.73. The first-order valence-corrected chi connectivity index (χ1v) is 8.56. The van der Waals surface area contributed by atoms with Gasteiger partial charge in [0.1, 0.15) is 0 Å². The molecule has 0 heterocycles. The third-order valence-electron chi connectivity index (χ3n) is 2.58. The molecular weight excluding hydrogens is 325 g/mol. The summed E-state index contributed by atoms with van der Waals surface area (Å²) in [5.74, 6) is -0.425. The molecule has 0 bridgehead atoms. The summed E-state index contributed by atoms with van der Waals surface area (Å²) < 4.78 is 27.7.